The minimum absolute atomic E-state index is 0.0309. The molecular weight excluding hydrogens is 501 g/mol. The summed E-state index contributed by atoms with van der Waals surface area (Å²) in [5.41, 5.74) is 1.98. The van der Waals surface area contributed by atoms with E-state index in [2.05, 4.69) is 10.3 Å². The largest absolute Gasteiger partial charge is 0.324 e. The number of rotatable bonds is 5. The van der Waals surface area contributed by atoms with Crippen molar-refractivity contribution in [3.05, 3.63) is 93.4 Å². The highest BCUT2D eigenvalue weighted by Crippen LogP contribution is 2.32. The second-order valence-corrected chi connectivity index (χ2v) is 9.71. The van der Waals surface area contributed by atoms with E-state index in [0.29, 0.717) is 38.2 Å². The maximum absolute atomic E-state index is 13.1. The number of hydrogen-bond donors (Lipinski definition) is 1. The Kier molecular flexibility index (Phi) is 7.60. The van der Waals surface area contributed by atoms with Gasteiger partial charge in [0.15, 0.2) is 5.17 Å². The molecule has 3 aromatic rings. The Hall–Kier alpha value is -2.51. The average molecular weight is 519 g/mol. The van der Waals surface area contributed by atoms with Crippen LogP contribution in [0, 0.1) is 0 Å². The lowest BCUT2D eigenvalue weighted by Crippen LogP contribution is -2.44. The molecule has 1 N–H and O–H groups in total. The van der Waals surface area contributed by atoms with Gasteiger partial charge in [0.05, 0.1) is 22.9 Å². The number of carbonyl (C=O) groups is 2. The van der Waals surface area contributed by atoms with Crippen molar-refractivity contribution in [2.45, 2.75) is 18.2 Å². The molecule has 5 nitrogen and oxygen atoms in total. The second-order valence-electron chi connectivity index (χ2n) is 7.26. The van der Waals surface area contributed by atoms with E-state index in [0.717, 1.165) is 5.56 Å². The lowest BCUT2D eigenvalue weighted by atomic mass is 10.2. The molecule has 1 fully saturated rings. The van der Waals surface area contributed by atoms with Crippen molar-refractivity contribution in [3.8, 4) is 0 Å². The molecule has 1 heterocycles. The van der Waals surface area contributed by atoms with Crippen molar-refractivity contribution >= 4 is 74.9 Å². The van der Waals surface area contributed by atoms with Gasteiger partial charge in [-0.05, 0) is 48.0 Å². The number of halogens is 3. The van der Waals surface area contributed by atoms with E-state index in [-0.39, 0.29) is 18.2 Å². The molecule has 1 saturated heterocycles. The molecule has 9 heteroatoms. The number of benzene rings is 3. The predicted molar refractivity (Wildman–Crippen MR) is 137 cm³/mol. The first-order chi connectivity index (χ1) is 15.9. The van der Waals surface area contributed by atoms with Crippen molar-refractivity contribution in [2.75, 3.05) is 5.32 Å². The number of anilines is 1. The van der Waals surface area contributed by atoms with Crippen molar-refractivity contribution in [1.29, 1.82) is 0 Å². The number of aliphatic imine (C=N–C) groups is 1. The Morgan fingerprint density at radius 3 is 2.48 bits per heavy atom. The molecule has 1 aliphatic heterocycles. The lowest BCUT2D eigenvalue weighted by molar-refractivity contribution is -0.129. The quantitative estimate of drug-likeness (QED) is 0.404. The third-order valence-electron chi connectivity index (χ3n) is 4.85. The van der Waals surface area contributed by atoms with Crippen LogP contribution in [-0.4, -0.2) is 27.1 Å². The molecule has 2 amide bonds. The van der Waals surface area contributed by atoms with Gasteiger partial charge in [-0.25, -0.2) is 4.99 Å². The Balaban J connectivity index is 1.61. The van der Waals surface area contributed by atoms with E-state index < -0.39 is 5.25 Å². The summed E-state index contributed by atoms with van der Waals surface area (Å²) in [7, 11) is 0. The summed E-state index contributed by atoms with van der Waals surface area (Å²) in [6.07, 6.45) is 0.0309. The highest BCUT2D eigenvalue weighted by Gasteiger charge is 2.36. The van der Waals surface area contributed by atoms with E-state index in [4.69, 9.17) is 34.8 Å². The van der Waals surface area contributed by atoms with Crippen LogP contribution < -0.4 is 5.32 Å². The van der Waals surface area contributed by atoms with Crippen LogP contribution in [0.1, 0.15) is 12.0 Å². The van der Waals surface area contributed by atoms with Crippen LogP contribution in [0.4, 0.5) is 11.4 Å². The van der Waals surface area contributed by atoms with Gasteiger partial charge in [0.1, 0.15) is 5.25 Å². The fourth-order valence-electron chi connectivity index (χ4n) is 3.20. The zero-order valence-electron chi connectivity index (χ0n) is 17.2. The van der Waals surface area contributed by atoms with Crippen molar-refractivity contribution in [1.82, 2.24) is 4.90 Å². The molecule has 0 aliphatic carbocycles. The first kappa shape index (κ1) is 23.6. The van der Waals surface area contributed by atoms with Crippen molar-refractivity contribution in [2.24, 2.45) is 4.99 Å². The van der Waals surface area contributed by atoms with Crippen LogP contribution in [0.3, 0.4) is 0 Å². The normalized spacial score (nSPS) is 17.3. The van der Waals surface area contributed by atoms with Crippen molar-refractivity contribution < 1.29 is 9.59 Å². The fourth-order valence-corrected chi connectivity index (χ4v) is 4.79. The zero-order chi connectivity index (χ0) is 23.4. The number of thioether (sulfide) groups is 1. The number of para-hydroxylation sites is 1. The predicted octanol–water partition coefficient (Wildman–Crippen LogP) is 6.81. The number of amidine groups is 1. The molecule has 0 aromatic heterocycles. The molecule has 1 atom stereocenters. The molecule has 0 bridgehead atoms. The summed E-state index contributed by atoms with van der Waals surface area (Å²) in [6.45, 7) is 0.307. The summed E-state index contributed by atoms with van der Waals surface area (Å²) in [5.74, 6) is -0.518. The molecule has 1 unspecified atom stereocenters. The Morgan fingerprint density at radius 1 is 1.00 bits per heavy atom. The minimum atomic E-state index is -0.659. The number of nitrogens with zero attached hydrogens (tertiary/aromatic N) is 2. The Morgan fingerprint density at radius 2 is 1.76 bits per heavy atom. The molecule has 0 radical (unpaired) electrons. The third kappa shape index (κ3) is 6.09. The van der Waals surface area contributed by atoms with Crippen LogP contribution in [-0.2, 0) is 16.1 Å². The van der Waals surface area contributed by atoms with Crippen LogP contribution >= 0.6 is 46.6 Å². The molecule has 168 valence electrons. The summed E-state index contributed by atoms with van der Waals surface area (Å²) < 4.78 is 0. The van der Waals surface area contributed by atoms with Gasteiger partial charge in [0.2, 0.25) is 11.8 Å². The SMILES string of the molecule is O=C(Nc1ccccc1Cl)C1CC(=O)N(Cc2ccc(Cl)cc2)C(=Nc2cccc(Cl)c2)S1. The molecule has 3 aromatic carbocycles. The molecule has 4 rings (SSSR count). The summed E-state index contributed by atoms with van der Waals surface area (Å²) in [6, 6.07) is 21.2. The number of nitrogens with one attached hydrogen (secondary N) is 1. The van der Waals surface area contributed by atoms with Gasteiger partial charge in [-0.2, -0.15) is 0 Å². The maximum Gasteiger partial charge on any atom is 0.238 e. The molecule has 0 spiro atoms. The summed E-state index contributed by atoms with van der Waals surface area (Å²) >= 11 is 19.5. The van der Waals surface area contributed by atoms with Crippen LogP contribution in [0.5, 0.6) is 0 Å². The topological polar surface area (TPSA) is 61.8 Å². The first-order valence-corrected chi connectivity index (χ1v) is 12.0. The smallest absolute Gasteiger partial charge is 0.238 e. The van der Waals surface area contributed by atoms with Gasteiger partial charge in [-0.1, -0.05) is 76.9 Å². The van der Waals surface area contributed by atoms with E-state index in [1.54, 1.807) is 65.6 Å². The van der Waals surface area contributed by atoms with Crippen LogP contribution in [0.2, 0.25) is 15.1 Å². The molecule has 33 heavy (non-hydrogen) atoms. The van der Waals surface area contributed by atoms with Crippen LogP contribution in [0.25, 0.3) is 0 Å². The molecular formula is C24H18Cl3N3O2S. The highest BCUT2D eigenvalue weighted by molar-refractivity contribution is 8.15. The van der Waals surface area contributed by atoms with E-state index in [1.165, 1.54) is 11.8 Å². The summed E-state index contributed by atoms with van der Waals surface area (Å²) in [4.78, 5) is 32.3. The lowest BCUT2D eigenvalue weighted by Gasteiger charge is -2.32. The zero-order valence-corrected chi connectivity index (χ0v) is 20.3. The average Bonchev–Trinajstić information content (AvgIpc) is 2.79. The maximum atomic E-state index is 13.1. The van der Waals surface area contributed by atoms with Gasteiger partial charge < -0.3 is 5.32 Å². The van der Waals surface area contributed by atoms with Gasteiger partial charge in [0, 0.05) is 16.5 Å². The van der Waals surface area contributed by atoms with Crippen molar-refractivity contribution in [3.63, 3.8) is 0 Å². The van der Waals surface area contributed by atoms with E-state index in [1.807, 2.05) is 12.1 Å². The summed E-state index contributed by atoms with van der Waals surface area (Å²) in [5, 5.41) is 4.14. The minimum Gasteiger partial charge on any atom is -0.324 e. The fraction of sp³-hybridized carbons (Fsp3) is 0.125. The highest BCUT2D eigenvalue weighted by atomic mass is 35.5. The standard InChI is InChI=1S/C24H18Cl3N3O2S/c25-16-10-8-15(9-11-16)14-30-22(31)13-21(23(32)29-20-7-2-1-6-19(20)27)33-24(30)28-18-5-3-4-17(26)12-18/h1-12,21H,13-14H2,(H,29,32). The number of amides is 2. The van der Waals surface area contributed by atoms with E-state index >= 15 is 0 Å². The monoisotopic (exact) mass is 517 g/mol. The second kappa shape index (κ2) is 10.6. The van der Waals surface area contributed by atoms with Gasteiger partial charge in [-0.3, -0.25) is 14.5 Å². The van der Waals surface area contributed by atoms with Gasteiger partial charge >= 0.3 is 0 Å². The Labute approximate surface area is 210 Å². The first-order valence-electron chi connectivity index (χ1n) is 10.00. The molecule has 0 saturated carbocycles. The Bertz CT molecular complexity index is 1220. The third-order valence-corrected chi connectivity index (χ3v) is 6.86. The number of hydrogen-bond acceptors (Lipinski definition) is 4. The van der Waals surface area contributed by atoms with E-state index in [9.17, 15) is 9.59 Å². The van der Waals surface area contributed by atoms with Gasteiger partial charge in [-0.15, -0.1) is 0 Å². The number of carbonyl (C=O) groups excluding carboxylic acids is 2. The van der Waals surface area contributed by atoms with Gasteiger partial charge in [0.25, 0.3) is 0 Å². The molecule has 1 aliphatic rings. The van der Waals surface area contributed by atoms with Crippen LogP contribution in [0.15, 0.2) is 77.8 Å².